The van der Waals surface area contributed by atoms with E-state index >= 15 is 0 Å². The number of hydrogen-bond donors (Lipinski definition) is 1. The summed E-state index contributed by atoms with van der Waals surface area (Å²) in [5, 5.41) is 3.16. The van der Waals surface area contributed by atoms with Crippen LogP contribution in [0.3, 0.4) is 0 Å². The van der Waals surface area contributed by atoms with Crippen molar-refractivity contribution >= 4 is 50.7 Å². The van der Waals surface area contributed by atoms with E-state index in [4.69, 9.17) is 11.6 Å². The third kappa shape index (κ3) is 5.25. The zero-order chi connectivity index (χ0) is 21.8. The molecule has 9 heteroatoms. The van der Waals surface area contributed by atoms with Crippen LogP contribution in [0.1, 0.15) is 24.2 Å². The smallest absolute Gasteiger partial charge is 0.257 e. The molecular formula is C20H26ClN3O3S2. The van der Waals surface area contributed by atoms with Crippen LogP contribution in [0.5, 0.6) is 0 Å². The lowest BCUT2D eigenvalue weighted by Crippen LogP contribution is -2.30. The molecule has 0 aromatic heterocycles. The summed E-state index contributed by atoms with van der Waals surface area (Å²) in [5.41, 5.74) is 1.42. The highest BCUT2D eigenvalue weighted by Crippen LogP contribution is 2.31. The van der Waals surface area contributed by atoms with Gasteiger partial charge in [0, 0.05) is 32.1 Å². The molecule has 0 spiro atoms. The van der Waals surface area contributed by atoms with E-state index in [-0.39, 0.29) is 4.90 Å². The first kappa shape index (κ1) is 23.5. The number of carbonyl (C=O) groups excluding carboxylic acids is 1. The van der Waals surface area contributed by atoms with Crippen LogP contribution in [-0.4, -0.2) is 52.1 Å². The Morgan fingerprint density at radius 1 is 1.10 bits per heavy atom. The first-order valence-corrected chi connectivity index (χ1v) is 12.2. The molecule has 29 heavy (non-hydrogen) atoms. The van der Waals surface area contributed by atoms with E-state index in [9.17, 15) is 13.2 Å². The van der Waals surface area contributed by atoms with Gasteiger partial charge in [-0.25, -0.2) is 8.42 Å². The van der Waals surface area contributed by atoms with Crippen molar-refractivity contribution < 1.29 is 13.2 Å². The largest absolute Gasteiger partial charge is 0.376 e. The Morgan fingerprint density at radius 3 is 2.31 bits per heavy atom. The van der Waals surface area contributed by atoms with Crippen LogP contribution in [0.15, 0.2) is 46.2 Å². The fraction of sp³-hybridized carbons (Fsp3) is 0.350. The van der Waals surface area contributed by atoms with E-state index in [1.807, 2.05) is 31.3 Å². The molecule has 0 aliphatic heterocycles. The quantitative estimate of drug-likeness (QED) is 0.597. The molecule has 1 amide bonds. The lowest BCUT2D eigenvalue weighted by atomic mass is 10.2. The van der Waals surface area contributed by atoms with Gasteiger partial charge in [0.25, 0.3) is 5.91 Å². The first-order valence-electron chi connectivity index (χ1n) is 9.12. The van der Waals surface area contributed by atoms with Gasteiger partial charge in [-0.3, -0.25) is 4.79 Å². The van der Waals surface area contributed by atoms with Crippen LogP contribution < -0.4 is 10.2 Å². The average molecular weight is 456 g/mol. The van der Waals surface area contributed by atoms with Crippen molar-refractivity contribution in [1.29, 1.82) is 0 Å². The molecule has 6 nitrogen and oxygen atoms in total. The van der Waals surface area contributed by atoms with Crippen molar-refractivity contribution in [3.63, 3.8) is 0 Å². The Morgan fingerprint density at radius 2 is 1.76 bits per heavy atom. The number of rotatable bonds is 8. The van der Waals surface area contributed by atoms with Gasteiger partial charge in [-0.05, 0) is 42.7 Å². The van der Waals surface area contributed by atoms with E-state index in [2.05, 4.69) is 5.32 Å². The summed E-state index contributed by atoms with van der Waals surface area (Å²) in [6, 6.07) is 9.97. The van der Waals surface area contributed by atoms with Gasteiger partial charge >= 0.3 is 0 Å². The van der Waals surface area contributed by atoms with Crippen molar-refractivity contribution in [1.82, 2.24) is 4.31 Å². The third-order valence-electron chi connectivity index (χ3n) is 4.46. The van der Waals surface area contributed by atoms with Crippen molar-refractivity contribution in [2.75, 3.05) is 43.7 Å². The molecule has 0 aliphatic carbocycles. The molecule has 0 aliphatic rings. The normalized spacial score (nSPS) is 11.6. The number of thioether (sulfide) groups is 1. The van der Waals surface area contributed by atoms with Gasteiger partial charge in [-0.2, -0.15) is 4.31 Å². The van der Waals surface area contributed by atoms with E-state index in [0.717, 1.165) is 4.90 Å². The molecular weight excluding hydrogens is 430 g/mol. The van der Waals surface area contributed by atoms with Gasteiger partial charge in [0.15, 0.2) is 0 Å². The zero-order valence-electron chi connectivity index (χ0n) is 17.2. The van der Waals surface area contributed by atoms with Crippen molar-refractivity contribution in [2.24, 2.45) is 0 Å². The second-order valence-electron chi connectivity index (χ2n) is 6.46. The molecule has 1 N–H and O–H groups in total. The Kier molecular flexibility index (Phi) is 7.99. The van der Waals surface area contributed by atoms with Crippen LogP contribution in [0.25, 0.3) is 0 Å². The average Bonchev–Trinajstić information content (AvgIpc) is 2.68. The van der Waals surface area contributed by atoms with Crippen LogP contribution in [0.2, 0.25) is 5.02 Å². The predicted octanol–water partition coefficient (Wildman–Crippen LogP) is 4.41. The maximum absolute atomic E-state index is 12.9. The summed E-state index contributed by atoms with van der Waals surface area (Å²) in [5.74, 6) is -0.397. The molecule has 0 fully saturated rings. The minimum atomic E-state index is -3.65. The number of nitrogens with zero attached hydrogens (tertiary/aromatic N) is 2. The van der Waals surface area contributed by atoms with Crippen LogP contribution >= 0.6 is 23.4 Å². The molecule has 0 unspecified atom stereocenters. The Bertz CT molecular complexity index is 990. The molecule has 2 aromatic carbocycles. The molecule has 158 valence electrons. The molecule has 0 atom stereocenters. The molecule has 0 heterocycles. The molecule has 2 rings (SSSR count). The number of benzene rings is 2. The van der Waals surface area contributed by atoms with Crippen LogP contribution in [0.4, 0.5) is 11.4 Å². The molecule has 2 aromatic rings. The topological polar surface area (TPSA) is 69.7 Å². The van der Waals surface area contributed by atoms with Gasteiger partial charge in [0.1, 0.15) is 0 Å². The van der Waals surface area contributed by atoms with Crippen LogP contribution in [-0.2, 0) is 10.0 Å². The van der Waals surface area contributed by atoms with Gasteiger partial charge in [0.2, 0.25) is 10.0 Å². The van der Waals surface area contributed by atoms with E-state index in [0.29, 0.717) is 35.1 Å². The number of halogens is 1. The first-order chi connectivity index (χ1) is 13.6. The van der Waals surface area contributed by atoms with Gasteiger partial charge in [-0.1, -0.05) is 25.4 Å². The fourth-order valence-corrected chi connectivity index (χ4v) is 5.00. The highest BCUT2D eigenvalue weighted by Gasteiger charge is 2.24. The highest BCUT2D eigenvalue weighted by molar-refractivity contribution is 7.98. The van der Waals surface area contributed by atoms with Crippen molar-refractivity contribution in [3.8, 4) is 0 Å². The molecule has 0 saturated heterocycles. The third-order valence-corrected chi connectivity index (χ3v) is 7.56. The van der Waals surface area contributed by atoms with E-state index < -0.39 is 15.9 Å². The standard InChI is InChI=1S/C20H26ClN3O3S2/c1-6-24(7-2)29(26,27)15-9-11-19(23(3)4)18(13-15)22-20(25)16-12-14(28-5)8-10-17(16)21/h8-13H,6-7H2,1-5H3,(H,22,25). The Labute approximate surface area is 182 Å². The number of nitrogens with one attached hydrogen (secondary N) is 1. The summed E-state index contributed by atoms with van der Waals surface area (Å²) in [6.07, 6.45) is 1.91. The molecule has 0 bridgehead atoms. The van der Waals surface area contributed by atoms with E-state index in [1.165, 1.54) is 22.1 Å². The van der Waals surface area contributed by atoms with Crippen molar-refractivity contribution in [2.45, 2.75) is 23.6 Å². The van der Waals surface area contributed by atoms with Gasteiger partial charge in [-0.15, -0.1) is 11.8 Å². The zero-order valence-corrected chi connectivity index (χ0v) is 19.6. The molecule has 0 saturated carbocycles. The second-order valence-corrected chi connectivity index (χ2v) is 9.69. The summed E-state index contributed by atoms with van der Waals surface area (Å²) in [6.45, 7) is 4.32. The molecule has 0 radical (unpaired) electrons. The fourth-order valence-electron chi connectivity index (χ4n) is 2.87. The summed E-state index contributed by atoms with van der Waals surface area (Å²) >= 11 is 7.72. The number of sulfonamides is 1. The second kappa shape index (κ2) is 9.84. The maximum Gasteiger partial charge on any atom is 0.257 e. The highest BCUT2D eigenvalue weighted by atomic mass is 35.5. The number of anilines is 2. The predicted molar refractivity (Wildman–Crippen MR) is 122 cm³/mol. The summed E-state index contributed by atoms with van der Waals surface area (Å²) < 4.78 is 27.2. The number of carbonyl (C=O) groups is 1. The Hall–Kier alpha value is -1.74. The Balaban J connectivity index is 2.49. The van der Waals surface area contributed by atoms with E-state index in [1.54, 1.807) is 38.1 Å². The monoisotopic (exact) mass is 455 g/mol. The number of amides is 1. The minimum Gasteiger partial charge on any atom is -0.376 e. The lowest BCUT2D eigenvalue weighted by molar-refractivity contribution is 0.102. The summed E-state index contributed by atoms with van der Waals surface area (Å²) in [4.78, 5) is 15.7. The number of hydrogen-bond acceptors (Lipinski definition) is 5. The SMILES string of the molecule is CCN(CC)S(=O)(=O)c1ccc(N(C)C)c(NC(=O)c2cc(SC)ccc2Cl)c1. The maximum atomic E-state index is 12.9. The minimum absolute atomic E-state index is 0.131. The van der Waals surface area contributed by atoms with Crippen molar-refractivity contribution in [3.05, 3.63) is 47.0 Å². The van der Waals surface area contributed by atoms with Gasteiger partial charge in [0.05, 0.1) is 26.9 Å². The summed E-state index contributed by atoms with van der Waals surface area (Å²) in [7, 11) is -0.00274. The lowest BCUT2D eigenvalue weighted by Gasteiger charge is -2.22. The van der Waals surface area contributed by atoms with Gasteiger partial charge < -0.3 is 10.2 Å². The van der Waals surface area contributed by atoms with Crippen LogP contribution in [0, 0.1) is 0 Å².